The van der Waals surface area contributed by atoms with Crippen LogP contribution in [-0.2, 0) is 57.2 Å². The normalized spacial score (nSPS) is 29.7. The largest absolute Gasteiger partial charge is 0.454 e. The van der Waals surface area contributed by atoms with Crippen molar-refractivity contribution in [2.45, 2.75) is 84.6 Å². The molecule has 0 amide bonds. The number of rotatable bonds is 6. The van der Waals surface area contributed by atoms with Crippen LogP contribution in [-0.4, -0.2) is 71.9 Å². The fourth-order valence-corrected chi connectivity index (χ4v) is 3.46. The molecule has 0 heterocycles. The second kappa shape index (κ2) is 10.2. The molecule has 0 saturated heterocycles. The third-order valence-electron chi connectivity index (χ3n) is 4.23. The lowest BCUT2D eigenvalue weighted by molar-refractivity contribution is -0.285. The van der Waals surface area contributed by atoms with Gasteiger partial charge in [0.25, 0.3) is 0 Å². The third-order valence-corrected chi connectivity index (χ3v) is 4.23. The average Bonchev–Trinajstić information content (AvgIpc) is 2.56. The molecule has 0 radical (unpaired) electrons. The van der Waals surface area contributed by atoms with E-state index >= 15 is 0 Å². The van der Waals surface area contributed by atoms with E-state index in [1.807, 2.05) is 0 Å². The summed E-state index contributed by atoms with van der Waals surface area (Å²) in [4.78, 5) is 70.9. The van der Waals surface area contributed by atoms with Gasteiger partial charge >= 0.3 is 35.8 Å². The van der Waals surface area contributed by atoms with Gasteiger partial charge in [0.15, 0.2) is 36.1 Å². The Bertz CT molecular complexity index is 713. The fourth-order valence-electron chi connectivity index (χ4n) is 3.46. The molecular formula is C19H26O12. The van der Waals surface area contributed by atoms with Gasteiger partial charge in [0.05, 0.1) is 0 Å². The zero-order chi connectivity index (χ0) is 24.1. The van der Waals surface area contributed by atoms with Gasteiger partial charge < -0.3 is 28.4 Å². The number of hydrogen-bond acceptors (Lipinski definition) is 12. The van der Waals surface area contributed by atoms with E-state index in [4.69, 9.17) is 28.4 Å². The van der Waals surface area contributed by atoms with Crippen molar-refractivity contribution in [1.82, 2.24) is 0 Å². The number of carbonyl (C=O) groups excluding carboxylic acids is 6. The molecule has 12 nitrogen and oxygen atoms in total. The van der Waals surface area contributed by atoms with Crippen LogP contribution in [0.15, 0.2) is 0 Å². The number of ether oxygens (including phenoxy) is 6. The topological polar surface area (TPSA) is 158 Å². The molecule has 174 valence electrons. The van der Waals surface area contributed by atoms with Crippen LogP contribution in [0, 0.1) is 0 Å². The molecule has 0 aromatic carbocycles. The Morgan fingerprint density at radius 2 is 0.774 bits per heavy atom. The lowest BCUT2D eigenvalue weighted by Crippen LogP contribution is -2.74. The summed E-state index contributed by atoms with van der Waals surface area (Å²) >= 11 is 0. The van der Waals surface area contributed by atoms with Gasteiger partial charge in [-0.15, -0.1) is 0 Å². The summed E-state index contributed by atoms with van der Waals surface area (Å²) < 4.78 is 31.6. The Kier molecular flexibility index (Phi) is 8.53. The van der Waals surface area contributed by atoms with Crippen molar-refractivity contribution in [3.63, 3.8) is 0 Å². The molecule has 31 heavy (non-hydrogen) atoms. The SMILES string of the molecule is CC(=O)OC1C(OC(C)=O)C(OC(C)=O)C(C)(OC(C)=O)C(OC(C)=O)C1OC(C)=O. The number of carbonyl (C=O) groups is 6. The molecule has 4 unspecified atom stereocenters. The van der Waals surface area contributed by atoms with E-state index < -0.39 is 71.9 Å². The summed E-state index contributed by atoms with van der Waals surface area (Å²) in [5, 5.41) is 0. The van der Waals surface area contributed by atoms with E-state index in [1.54, 1.807) is 0 Å². The first-order valence-electron chi connectivity index (χ1n) is 9.24. The van der Waals surface area contributed by atoms with Gasteiger partial charge in [0.1, 0.15) is 0 Å². The highest BCUT2D eigenvalue weighted by Crippen LogP contribution is 2.41. The zero-order valence-electron chi connectivity index (χ0n) is 18.3. The summed E-state index contributed by atoms with van der Waals surface area (Å²) in [6, 6.07) is 0. The summed E-state index contributed by atoms with van der Waals surface area (Å²) in [7, 11) is 0. The second-order valence-electron chi connectivity index (χ2n) is 7.06. The highest BCUT2D eigenvalue weighted by molar-refractivity contribution is 5.71. The van der Waals surface area contributed by atoms with Crippen LogP contribution in [0.3, 0.4) is 0 Å². The van der Waals surface area contributed by atoms with Crippen molar-refractivity contribution >= 4 is 35.8 Å². The lowest BCUT2D eigenvalue weighted by atomic mass is 9.74. The van der Waals surface area contributed by atoms with E-state index in [0.29, 0.717) is 0 Å². The number of hydrogen-bond donors (Lipinski definition) is 0. The molecule has 1 aliphatic carbocycles. The maximum Gasteiger partial charge on any atom is 0.303 e. The maximum atomic E-state index is 11.9. The van der Waals surface area contributed by atoms with Crippen LogP contribution in [0.2, 0.25) is 0 Å². The Hall–Kier alpha value is -3.18. The maximum absolute atomic E-state index is 11.9. The Labute approximate surface area is 178 Å². The second-order valence-corrected chi connectivity index (χ2v) is 7.06. The molecule has 0 N–H and O–H groups in total. The molecule has 4 atom stereocenters. The van der Waals surface area contributed by atoms with Crippen molar-refractivity contribution < 1.29 is 57.2 Å². The van der Waals surface area contributed by atoms with E-state index in [-0.39, 0.29) is 0 Å². The van der Waals surface area contributed by atoms with Crippen LogP contribution in [0.1, 0.15) is 48.5 Å². The summed E-state index contributed by atoms with van der Waals surface area (Å²) in [5.74, 6) is -5.19. The van der Waals surface area contributed by atoms with Crippen LogP contribution in [0.25, 0.3) is 0 Å². The summed E-state index contributed by atoms with van der Waals surface area (Å²) in [6.45, 7) is 7.48. The minimum Gasteiger partial charge on any atom is -0.454 e. The molecule has 1 fully saturated rings. The highest BCUT2D eigenvalue weighted by Gasteiger charge is 2.67. The van der Waals surface area contributed by atoms with Crippen LogP contribution in [0.5, 0.6) is 0 Å². The lowest BCUT2D eigenvalue weighted by Gasteiger charge is -2.52. The van der Waals surface area contributed by atoms with Gasteiger partial charge in [-0.05, 0) is 6.92 Å². The average molecular weight is 446 g/mol. The molecule has 0 aromatic rings. The fraction of sp³-hybridized carbons (Fsp3) is 0.684. The molecule has 1 aliphatic rings. The third kappa shape index (κ3) is 6.66. The predicted molar refractivity (Wildman–Crippen MR) is 97.9 cm³/mol. The van der Waals surface area contributed by atoms with E-state index in [9.17, 15) is 28.8 Å². The van der Waals surface area contributed by atoms with E-state index in [2.05, 4.69) is 0 Å². The van der Waals surface area contributed by atoms with Crippen LogP contribution in [0.4, 0.5) is 0 Å². The van der Waals surface area contributed by atoms with Crippen molar-refractivity contribution in [3.8, 4) is 0 Å². The molecule has 0 bridgehead atoms. The van der Waals surface area contributed by atoms with Gasteiger partial charge in [-0.3, -0.25) is 28.8 Å². The van der Waals surface area contributed by atoms with Crippen molar-refractivity contribution in [2.75, 3.05) is 0 Å². The highest BCUT2D eigenvalue weighted by atomic mass is 16.7. The Morgan fingerprint density at radius 1 is 0.484 bits per heavy atom. The summed E-state index contributed by atoms with van der Waals surface area (Å²) in [6.07, 6.45) is -7.92. The van der Waals surface area contributed by atoms with E-state index in [0.717, 1.165) is 41.5 Å². The van der Waals surface area contributed by atoms with Crippen LogP contribution >= 0.6 is 0 Å². The van der Waals surface area contributed by atoms with Gasteiger partial charge in [0.2, 0.25) is 0 Å². The van der Waals surface area contributed by atoms with Crippen LogP contribution < -0.4 is 0 Å². The van der Waals surface area contributed by atoms with Crippen molar-refractivity contribution in [3.05, 3.63) is 0 Å². The van der Waals surface area contributed by atoms with Gasteiger partial charge in [-0.25, -0.2) is 0 Å². The van der Waals surface area contributed by atoms with E-state index in [1.165, 1.54) is 6.92 Å². The smallest absolute Gasteiger partial charge is 0.303 e. The quantitative estimate of drug-likeness (QED) is 0.397. The van der Waals surface area contributed by atoms with Gasteiger partial charge in [0, 0.05) is 41.5 Å². The van der Waals surface area contributed by atoms with Crippen molar-refractivity contribution in [2.24, 2.45) is 0 Å². The van der Waals surface area contributed by atoms with Gasteiger partial charge in [-0.1, -0.05) is 0 Å². The first-order valence-corrected chi connectivity index (χ1v) is 9.24. The molecule has 12 heteroatoms. The number of esters is 6. The Morgan fingerprint density at radius 3 is 1.03 bits per heavy atom. The first kappa shape index (κ1) is 25.9. The molecule has 1 saturated carbocycles. The minimum atomic E-state index is -2.00. The Balaban J connectivity index is 3.82. The molecule has 0 spiro atoms. The first-order chi connectivity index (χ1) is 14.2. The predicted octanol–water partition coefficient (Wildman–Crippen LogP) is -0.0197. The van der Waals surface area contributed by atoms with Crippen molar-refractivity contribution in [1.29, 1.82) is 0 Å². The zero-order valence-corrected chi connectivity index (χ0v) is 18.3. The summed E-state index contributed by atoms with van der Waals surface area (Å²) in [5.41, 5.74) is -2.00. The molecular weight excluding hydrogens is 420 g/mol. The molecule has 1 rings (SSSR count). The molecule has 0 aromatic heterocycles. The standard InChI is InChI=1S/C19H26O12/c1-8(20)26-14-15(27-9(2)21)17(29-11(4)23)19(7,31-13(6)25)18(30-12(5)24)16(14)28-10(3)22/h14-18H,1-7H3. The monoisotopic (exact) mass is 446 g/mol. The minimum absolute atomic E-state index is 0.862. The molecule has 0 aliphatic heterocycles. The van der Waals surface area contributed by atoms with Gasteiger partial charge in [-0.2, -0.15) is 0 Å².